The molecule has 0 bridgehead atoms. The Morgan fingerprint density at radius 1 is 1.00 bits per heavy atom. The van der Waals surface area contributed by atoms with Gasteiger partial charge in [-0.1, -0.05) is 0 Å². The molecule has 1 aliphatic carbocycles. The highest BCUT2D eigenvalue weighted by molar-refractivity contribution is 7.93. The Bertz CT molecular complexity index is 1650. The second-order valence-corrected chi connectivity index (χ2v) is 14.8. The van der Waals surface area contributed by atoms with E-state index in [9.17, 15) is 26.4 Å². The van der Waals surface area contributed by atoms with E-state index in [0.29, 0.717) is 56.3 Å². The van der Waals surface area contributed by atoms with Gasteiger partial charge in [-0.2, -0.15) is 4.80 Å². The molecular formula is C32H39F3N6O7S. The SMILES string of the molecule is O=C(NOC1CCCCO1)C1(S(=O)(=O)c2ccc(OCCCn3nnc(-c4ccc(OC(F)(F)F)cc4)n3)cc2)CCN(CC2CC2)CC1. The number of sulfone groups is 1. The van der Waals surface area contributed by atoms with E-state index in [-0.39, 0.29) is 35.9 Å². The zero-order valence-corrected chi connectivity index (χ0v) is 27.6. The van der Waals surface area contributed by atoms with Crippen LogP contribution < -0.4 is 15.0 Å². The number of nitrogens with one attached hydrogen (secondary N) is 1. The normalized spacial score (nSPS) is 20.1. The summed E-state index contributed by atoms with van der Waals surface area (Å²) in [5.74, 6) is 0.313. The lowest BCUT2D eigenvalue weighted by atomic mass is 9.94. The van der Waals surface area contributed by atoms with E-state index in [1.54, 1.807) is 12.1 Å². The minimum Gasteiger partial charge on any atom is -0.494 e. The van der Waals surface area contributed by atoms with Crippen molar-refractivity contribution in [3.05, 3.63) is 48.5 Å². The van der Waals surface area contributed by atoms with Gasteiger partial charge in [0.25, 0.3) is 5.91 Å². The molecule has 266 valence electrons. The molecule has 49 heavy (non-hydrogen) atoms. The van der Waals surface area contributed by atoms with E-state index in [1.807, 2.05) is 0 Å². The van der Waals surface area contributed by atoms with E-state index in [0.717, 1.165) is 19.4 Å². The predicted molar refractivity (Wildman–Crippen MR) is 168 cm³/mol. The van der Waals surface area contributed by atoms with Gasteiger partial charge in [0.2, 0.25) is 5.82 Å². The number of likely N-dealkylation sites (tertiary alicyclic amines) is 1. The van der Waals surface area contributed by atoms with Crippen LogP contribution in [0.15, 0.2) is 53.4 Å². The largest absolute Gasteiger partial charge is 0.573 e. The number of tetrazole rings is 1. The number of carbonyl (C=O) groups is 1. The van der Waals surface area contributed by atoms with E-state index < -0.39 is 33.1 Å². The van der Waals surface area contributed by atoms with E-state index in [1.165, 1.54) is 54.0 Å². The fourth-order valence-electron chi connectivity index (χ4n) is 5.99. The molecule has 1 amide bonds. The van der Waals surface area contributed by atoms with E-state index >= 15 is 0 Å². The number of carbonyl (C=O) groups excluding carboxylic acids is 1. The minimum absolute atomic E-state index is 0.0249. The summed E-state index contributed by atoms with van der Waals surface area (Å²) in [5.41, 5.74) is 2.91. The van der Waals surface area contributed by atoms with Crippen molar-refractivity contribution in [1.29, 1.82) is 0 Å². The zero-order chi connectivity index (χ0) is 34.5. The number of piperidine rings is 1. The van der Waals surface area contributed by atoms with Crippen LogP contribution in [-0.2, 0) is 30.8 Å². The molecule has 1 aromatic heterocycles. The lowest BCUT2D eigenvalue weighted by molar-refractivity contribution is -0.274. The van der Waals surface area contributed by atoms with Crippen molar-refractivity contribution in [2.75, 3.05) is 32.8 Å². The number of halogens is 3. The number of hydrogen-bond donors (Lipinski definition) is 1. The van der Waals surface area contributed by atoms with Crippen molar-refractivity contribution in [3.63, 3.8) is 0 Å². The molecule has 17 heteroatoms. The number of benzene rings is 2. The standard InChI is InChI=1S/C32H39F3N6O7S/c33-32(34,35)47-26-9-7-24(8-10-26)29-36-39-41(37-29)17-3-21-45-25-11-13-27(14-12-25)49(43,44)31(15-18-40(19-16-31)22-23-5-6-23)30(42)38-48-28-4-1-2-20-46-28/h7-14,23,28H,1-6,15-22H2,(H,38,42). The predicted octanol–water partition coefficient (Wildman–Crippen LogP) is 4.30. The van der Waals surface area contributed by atoms with Crippen LogP contribution in [0, 0.1) is 5.92 Å². The Morgan fingerprint density at radius 2 is 1.71 bits per heavy atom. The van der Waals surface area contributed by atoms with Crippen LogP contribution in [0.4, 0.5) is 13.2 Å². The summed E-state index contributed by atoms with van der Waals surface area (Å²) in [6.45, 7) is 3.04. The molecule has 13 nitrogen and oxygen atoms in total. The zero-order valence-electron chi connectivity index (χ0n) is 26.8. The highest BCUT2D eigenvalue weighted by atomic mass is 32.2. The molecule has 1 atom stereocenters. The van der Waals surface area contributed by atoms with Crippen LogP contribution in [0.1, 0.15) is 51.4 Å². The van der Waals surface area contributed by atoms with Gasteiger partial charge in [0.1, 0.15) is 11.5 Å². The minimum atomic E-state index is -4.78. The Hall–Kier alpha value is -3.80. The molecular weight excluding hydrogens is 669 g/mol. The summed E-state index contributed by atoms with van der Waals surface area (Å²) in [7, 11) is -4.12. The number of nitrogens with zero attached hydrogens (tertiary/aromatic N) is 5. The highest BCUT2D eigenvalue weighted by Crippen LogP contribution is 2.38. The van der Waals surface area contributed by atoms with Crippen LogP contribution in [0.25, 0.3) is 11.4 Å². The van der Waals surface area contributed by atoms with E-state index in [2.05, 4.69) is 30.5 Å². The maximum Gasteiger partial charge on any atom is 0.573 e. The van der Waals surface area contributed by atoms with Gasteiger partial charge in [-0.15, -0.1) is 23.4 Å². The molecule has 2 aromatic carbocycles. The van der Waals surface area contributed by atoms with Gasteiger partial charge in [0, 0.05) is 44.6 Å². The molecule has 0 radical (unpaired) electrons. The third-order valence-corrected chi connectivity index (χ3v) is 11.4. The fourth-order valence-corrected chi connectivity index (χ4v) is 7.94. The maximum absolute atomic E-state index is 14.2. The van der Waals surface area contributed by atoms with Gasteiger partial charge in [0.15, 0.2) is 20.9 Å². The lowest BCUT2D eigenvalue weighted by Gasteiger charge is -2.40. The Balaban J connectivity index is 1.03. The van der Waals surface area contributed by atoms with Crippen LogP contribution in [0.5, 0.6) is 11.5 Å². The summed E-state index contributed by atoms with van der Waals surface area (Å²) < 4.78 is 79.1. The van der Waals surface area contributed by atoms with Gasteiger partial charge in [-0.3, -0.25) is 4.79 Å². The Labute approximate surface area is 281 Å². The van der Waals surface area contributed by atoms with Crippen molar-refractivity contribution in [2.45, 2.75) is 80.2 Å². The average Bonchev–Trinajstić information content (AvgIpc) is 3.79. The summed E-state index contributed by atoms with van der Waals surface area (Å²) in [6.07, 6.45) is 0.210. The number of rotatable bonds is 14. The first-order valence-electron chi connectivity index (χ1n) is 16.4. The summed E-state index contributed by atoms with van der Waals surface area (Å²) in [4.78, 5) is 22.8. The summed E-state index contributed by atoms with van der Waals surface area (Å²) in [5, 5.41) is 12.2. The lowest BCUT2D eigenvalue weighted by Crippen LogP contribution is -2.58. The monoisotopic (exact) mass is 708 g/mol. The van der Waals surface area contributed by atoms with Crippen molar-refractivity contribution >= 4 is 15.7 Å². The van der Waals surface area contributed by atoms with Crippen LogP contribution in [0.3, 0.4) is 0 Å². The van der Waals surface area contributed by atoms with Crippen LogP contribution >= 0.6 is 0 Å². The molecule has 6 rings (SSSR count). The van der Waals surface area contributed by atoms with E-state index in [4.69, 9.17) is 14.3 Å². The van der Waals surface area contributed by atoms with Crippen molar-refractivity contribution in [2.24, 2.45) is 5.92 Å². The molecule has 1 saturated carbocycles. The number of amides is 1. The second-order valence-electron chi connectivity index (χ2n) is 12.5. The first-order chi connectivity index (χ1) is 23.5. The summed E-state index contributed by atoms with van der Waals surface area (Å²) >= 11 is 0. The Morgan fingerprint density at radius 3 is 2.37 bits per heavy atom. The van der Waals surface area contributed by atoms with Crippen molar-refractivity contribution in [3.8, 4) is 22.9 Å². The third kappa shape index (κ3) is 8.87. The fraction of sp³-hybridized carbons (Fsp3) is 0.562. The number of alkyl halides is 3. The smallest absolute Gasteiger partial charge is 0.494 e. The first-order valence-corrected chi connectivity index (χ1v) is 17.9. The topological polar surface area (TPSA) is 147 Å². The molecule has 2 aliphatic heterocycles. The van der Waals surface area contributed by atoms with Gasteiger partial charge in [0.05, 0.1) is 18.0 Å². The summed E-state index contributed by atoms with van der Waals surface area (Å²) in [6, 6.07) is 11.2. The molecule has 3 heterocycles. The van der Waals surface area contributed by atoms with Crippen molar-refractivity contribution in [1.82, 2.24) is 30.6 Å². The molecule has 1 unspecified atom stereocenters. The van der Waals surface area contributed by atoms with Crippen LogP contribution in [-0.4, -0.2) is 89.7 Å². The molecule has 3 aliphatic rings. The Kier molecular flexibility index (Phi) is 10.7. The molecule has 3 fully saturated rings. The average molecular weight is 709 g/mol. The quantitative estimate of drug-likeness (QED) is 0.189. The number of ether oxygens (including phenoxy) is 3. The number of aryl methyl sites for hydroxylation is 1. The first kappa shape index (κ1) is 35.0. The van der Waals surface area contributed by atoms with Gasteiger partial charge in [-0.05, 0) is 98.2 Å². The van der Waals surface area contributed by atoms with Gasteiger partial charge < -0.3 is 19.1 Å². The number of hydrogen-bond acceptors (Lipinski definition) is 11. The third-order valence-electron chi connectivity index (χ3n) is 8.93. The second kappa shape index (κ2) is 15.0. The van der Waals surface area contributed by atoms with Gasteiger partial charge in [-0.25, -0.2) is 18.7 Å². The molecule has 3 aromatic rings. The van der Waals surface area contributed by atoms with Crippen molar-refractivity contribution < 1.29 is 45.4 Å². The molecule has 1 N–H and O–H groups in total. The van der Waals surface area contributed by atoms with Gasteiger partial charge >= 0.3 is 6.36 Å². The molecule has 2 saturated heterocycles. The molecule has 0 spiro atoms. The highest BCUT2D eigenvalue weighted by Gasteiger charge is 2.53. The van der Waals surface area contributed by atoms with Crippen LogP contribution in [0.2, 0.25) is 0 Å². The number of aromatic nitrogens is 4. The number of hydroxylamine groups is 1. The maximum atomic E-state index is 14.2.